The lowest BCUT2D eigenvalue weighted by molar-refractivity contribution is -0.145. The Morgan fingerprint density at radius 3 is 2.71 bits per heavy atom. The third kappa shape index (κ3) is 7.17. The highest BCUT2D eigenvalue weighted by Gasteiger charge is 2.13. The second-order valence-corrected chi connectivity index (χ2v) is 4.34. The Balaban J connectivity index is 3.52. The van der Waals surface area contributed by atoms with E-state index in [4.69, 9.17) is 10.5 Å². The van der Waals surface area contributed by atoms with Gasteiger partial charge in [0.1, 0.15) is 12.6 Å². The van der Waals surface area contributed by atoms with Crippen LogP contribution in [0.2, 0.25) is 0 Å². The summed E-state index contributed by atoms with van der Waals surface area (Å²) in [4.78, 5) is 13.2. The van der Waals surface area contributed by atoms with E-state index in [-0.39, 0.29) is 5.97 Å². The predicted molar refractivity (Wildman–Crippen MR) is 60.5 cm³/mol. The van der Waals surface area contributed by atoms with Crippen LogP contribution in [0.4, 0.5) is 0 Å². The molecule has 2 N–H and O–H groups in total. The molecule has 5 heteroatoms. The van der Waals surface area contributed by atoms with Gasteiger partial charge in [-0.15, -0.1) is 0 Å². The van der Waals surface area contributed by atoms with E-state index in [1.54, 1.807) is 11.8 Å². The molecule has 0 aliphatic carbocycles. The average Bonchev–Trinajstić information content (AvgIpc) is 2.13. The monoisotopic (exact) mass is 220 g/mol. The number of nitrogens with zero attached hydrogens (tertiary/aromatic N) is 1. The SMILES string of the molecule is CSCC[C@H](N)C(=O)OCCN(C)C. The third-order valence-electron chi connectivity index (χ3n) is 1.72. The lowest BCUT2D eigenvalue weighted by Gasteiger charge is -2.13. The van der Waals surface area contributed by atoms with Gasteiger partial charge in [0.15, 0.2) is 0 Å². The van der Waals surface area contributed by atoms with E-state index >= 15 is 0 Å². The van der Waals surface area contributed by atoms with Crippen LogP contribution in [0.25, 0.3) is 0 Å². The Labute approximate surface area is 90.2 Å². The normalized spacial score (nSPS) is 12.9. The van der Waals surface area contributed by atoms with Gasteiger partial charge in [0.2, 0.25) is 0 Å². The van der Waals surface area contributed by atoms with Crippen molar-refractivity contribution in [3.8, 4) is 0 Å². The summed E-state index contributed by atoms with van der Waals surface area (Å²) in [6.45, 7) is 1.15. The molecule has 0 spiro atoms. The van der Waals surface area contributed by atoms with Crippen LogP contribution in [0.15, 0.2) is 0 Å². The van der Waals surface area contributed by atoms with Crippen molar-refractivity contribution in [2.75, 3.05) is 39.3 Å². The van der Waals surface area contributed by atoms with Crippen molar-refractivity contribution in [1.29, 1.82) is 0 Å². The fraction of sp³-hybridized carbons (Fsp3) is 0.889. The second kappa shape index (κ2) is 8.08. The van der Waals surface area contributed by atoms with Crippen molar-refractivity contribution in [3.63, 3.8) is 0 Å². The quantitative estimate of drug-likeness (QED) is 0.620. The molecule has 84 valence electrons. The Morgan fingerprint density at radius 2 is 2.21 bits per heavy atom. The predicted octanol–water partition coefficient (Wildman–Crippen LogP) is 0.172. The molecule has 4 nitrogen and oxygen atoms in total. The molecule has 0 aromatic rings. The molecule has 0 bridgehead atoms. The van der Waals surface area contributed by atoms with Gasteiger partial charge in [-0.1, -0.05) is 0 Å². The van der Waals surface area contributed by atoms with Crippen molar-refractivity contribution in [1.82, 2.24) is 4.90 Å². The first-order chi connectivity index (χ1) is 6.57. The maximum Gasteiger partial charge on any atom is 0.322 e. The maximum atomic E-state index is 11.3. The highest BCUT2D eigenvalue weighted by molar-refractivity contribution is 7.98. The molecule has 0 aliphatic heterocycles. The number of carbonyl (C=O) groups excluding carboxylic acids is 1. The molecule has 0 rings (SSSR count). The summed E-state index contributed by atoms with van der Waals surface area (Å²) in [7, 11) is 3.86. The number of hydrogen-bond donors (Lipinski definition) is 1. The fourth-order valence-corrected chi connectivity index (χ4v) is 1.29. The van der Waals surface area contributed by atoms with E-state index in [0.29, 0.717) is 13.0 Å². The molecule has 0 amide bonds. The molecule has 0 saturated heterocycles. The number of ether oxygens (including phenoxy) is 1. The van der Waals surface area contributed by atoms with Gasteiger partial charge in [0, 0.05) is 6.54 Å². The standard InChI is InChI=1S/C9H20N2O2S/c1-11(2)5-6-13-9(12)8(10)4-7-14-3/h8H,4-7,10H2,1-3H3/t8-/m0/s1. The molecule has 0 heterocycles. The highest BCUT2D eigenvalue weighted by Crippen LogP contribution is 2.00. The molecule has 0 saturated carbocycles. The second-order valence-electron chi connectivity index (χ2n) is 3.36. The molecule has 1 atom stereocenters. The summed E-state index contributed by atoms with van der Waals surface area (Å²) in [5.41, 5.74) is 5.62. The number of thioether (sulfide) groups is 1. The van der Waals surface area contributed by atoms with Crippen LogP contribution < -0.4 is 5.73 Å². The van der Waals surface area contributed by atoms with Crippen molar-refractivity contribution < 1.29 is 9.53 Å². The van der Waals surface area contributed by atoms with E-state index in [9.17, 15) is 4.79 Å². The summed E-state index contributed by atoms with van der Waals surface area (Å²) in [6, 6.07) is -0.468. The first kappa shape index (κ1) is 13.7. The Bertz CT molecular complexity index is 165. The lowest BCUT2D eigenvalue weighted by Crippen LogP contribution is -2.34. The Kier molecular flexibility index (Phi) is 7.93. The molecule has 0 unspecified atom stereocenters. The first-order valence-electron chi connectivity index (χ1n) is 4.63. The lowest BCUT2D eigenvalue weighted by atomic mass is 10.2. The van der Waals surface area contributed by atoms with Gasteiger partial charge in [-0.05, 0) is 32.5 Å². The minimum absolute atomic E-state index is 0.291. The molecule has 0 aromatic heterocycles. The van der Waals surface area contributed by atoms with Crippen molar-refractivity contribution in [2.24, 2.45) is 5.73 Å². The van der Waals surface area contributed by atoms with Gasteiger partial charge in [-0.3, -0.25) is 4.79 Å². The van der Waals surface area contributed by atoms with Gasteiger partial charge in [0.05, 0.1) is 0 Å². The van der Waals surface area contributed by atoms with Crippen LogP contribution in [0.1, 0.15) is 6.42 Å². The van der Waals surface area contributed by atoms with Gasteiger partial charge in [-0.2, -0.15) is 11.8 Å². The van der Waals surface area contributed by atoms with E-state index in [2.05, 4.69) is 0 Å². The minimum atomic E-state index is -0.468. The Hall–Kier alpha value is -0.260. The number of likely N-dealkylation sites (N-methyl/N-ethyl adjacent to an activating group) is 1. The summed E-state index contributed by atoms with van der Waals surface area (Å²) >= 11 is 1.68. The van der Waals surface area contributed by atoms with Gasteiger partial charge >= 0.3 is 5.97 Å². The molecule has 0 aromatic carbocycles. The van der Waals surface area contributed by atoms with Crippen molar-refractivity contribution in [3.05, 3.63) is 0 Å². The zero-order valence-electron chi connectivity index (χ0n) is 9.16. The van der Waals surface area contributed by atoms with Crippen LogP contribution in [0, 0.1) is 0 Å². The molecule has 0 radical (unpaired) electrons. The van der Waals surface area contributed by atoms with Crippen LogP contribution >= 0.6 is 11.8 Å². The molecular formula is C9H20N2O2S. The maximum absolute atomic E-state index is 11.3. The highest BCUT2D eigenvalue weighted by atomic mass is 32.2. The first-order valence-corrected chi connectivity index (χ1v) is 6.03. The van der Waals surface area contributed by atoms with Gasteiger partial charge in [-0.25, -0.2) is 0 Å². The van der Waals surface area contributed by atoms with Crippen LogP contribution in [0.3, 0.4) is 0 Å². The topological polar surface area (TPSA) is 55.6 Å². The molecular weight excluding hydrogens is 200 g/mol. The fourth-order valence-electron chi connectivity index (χ4n) is 0.799. The molecule has 0 aliphatic rings. The number of esters is 1. The van der Waals surface area contributed by atoms with Crippen LogP contribution in [-0.2, 0) is 9.53 Å². The zero-order valence-corrected chi connectivity index (χ0v) is 9.97. The number of nitrogens with two attached hydrogens (primary N) is 1. The largest absolute Gasteiger partial charge is 0.463 e. The number of carbonyl (C=O) groups is 1. The summed E-state index contributed by atoms with van der Waals surface area (Å²) in [5, 5.41) is 0. The molecule has 14 heavy (non-hydrogen) atoms. The van der Waals surface area contributed by atoms with Crippen LogP contribution in [-0.4, -0.2) is 56.2 Å². The average molecular weight is 220 g/mol. The summed E-state index contributed by atoms with van der Waals surface area (Å²) < 4.78 is 5.00. The minimum Gasteiger partial charge on any atom is -0.463 e. The van der Waals surface area contributed by atoms with Crippen molar-refractivity contribution >= 4 is 17.7 Å². The number of rotatable bonds is 7. The van der Waals surface area contributed by atoms with E-state index in [1.165, 1.54) is 0 Å². The molecule has 0 fully saturated rings. The van der Waals surface area contributed by atoms with Gasteiger partial charge < -0.3 is 15.4 Å². The van der Waals surface area contributed by atoms with Crippen molar-refractivity contribution in [2.45, 2.75) is 12.5 Å². The number of hydrogen-bond acceptors (Lipinski definition) is 5. The Morgan fingerprint density at radius 1 is 1.57 bits per heavy atom. The van der Waals surface area contributed by atoms with E-state index < -0.39 is 6.04 Å². The zero-order chi connectivity index (χ0) is 11.0. The summed E-state index contributed by atoms with van der Waals surface area (Å²) in [6.07, 6.45) is 2.67. The van der Waals surface area contributed by atoms with Crippen LogP contribution in [0.5, 0.6) is 0 Å². The van der Waals surface area contributed by atoms with E-state index in [1.807, 2.05) is 25.3 Å². The van der Waals surface area contributed by atoms with Gasteiger partial charge in [0.25, 0.3) is 0 Å². The summed E-state index contributed by atoms with van der Waals surface area (Å²) in [5.74, 6) is 0.602. The van der Waals surface area contributed by atoms with E-state index in [0.717, 1.165) is 12.3 Å². The smallest absolute Gasteiger partial charge is 0.322 e. The third-order valence-corrected chi connectivity index (χ3v) is 2.36.